The van der Waals surface area contributed by atoms with Crippen LogP contribution in [0.25, 0.3) is 6.08 Å². The van der Waals surface area contributed by atoms with Gasteiger partial charge in [0.2, 0.25) is 0 Å². The number of hydrogen-bond acceptors (Lipinski definition) is 4. The van der Waals surface area contributed by atoms with Crippen molar-refractivity contribution in [3.63, 3.8) is 0 Å². The quantitative estimate of drug-likeness (QED) is 0.483. The highest BCUT2D eigenvalue weighted by atomic mass is 16.5. The molecule has 0 aliphatic rings. The lowest BCUT2D eigenvalue weighted by Crippen LogP contribution is -2.26. The van der Waals surface area contributed by atoms with E-state index in [9.17, 15) is 4.79 Å². The SMILES string of the molecule is COCCCNC(=O)/C(C#N)=C/c1cccc(C#N)c1. The first-order valence-corrected chi connectivity index (χ1v) is 6.10. The summed E-state index contributed by atoms with van der Waals surface area (Å²) in [6, 6.07) is 10.6. The molecule has 0 fully saturated rings. The lowest BCUT2D eigenvalue weighted by atomic mass is 10.1. The van der Waals surface area contributed by atoms with Crippen LogP contribution in [0.1, 0.15) is 17.5 Å². The monoisotopic (exact) mass is 269 g/mol. The van der Waals surface area contributed by atoms with E-state index in [1.165, 1.54) is 6.08 Å². The number of amides is 1. The van der Waals surface area contributed by atoms with Gasteiger partial charge in [-0.05, 0) is 30.2 Å². The minimum Gasteiger partial charge on any atom is -0.385 e. The molecule has 0 unspecified atom stereocenters. The van der Waals surface area contributed by atoms with E-state index in [2.05, 4.69) is 5.32 Å². The first-order valence-electron chi connectivity index (χ1n) is 6.10. The third-order valence-electron chi connectivity index (χ3n) is 2.50. The topological polar surface area (TPSA) is 85.9 Å². The van der Waals surface area contributed by atoms with Crippen LogP contribution < -0.4 is 5.32 Å². The van der Waals surface area contributed by atoms with Crippen LogP contribution in [0.3, 0.4) is 0 Å². The summed E-state index contributed by atoms with van der Waals surface area (Å²) in [6.45, 7) is 1.00. The van der Waals surface area contributed by atoms with Crippen molar-refractivity contribution in [3.8, 4) is 12.1 Å². The fourth-order valence-corrected chi connectivity index (χ4v) is 1.53. The van der Waals surface area contributed by atoms with Crippen molar-refractivity contribution in [2.45, 2.75) is 6.42 Å². The highest BCUT2D eigenvalue weighted by Crippen LogP contribution is 2.09. The van der Waals surface area contributed by atoms with Crippen LogP contribution in [0.5, 0.6) is 0 Å². The Morgan fingerprint density at radius 2 is 2.25 bits per heavy atom. The van der Waals surface area contributed by atoms with Crippen LogP contribution in [-0.2, 0) is 9.53 Å². The van der Waals surface area contributed by atoms with E-state index in [1.54, 1.807) is 31.4 Å². The number of hydrogen-bond donors (Lipinski definition) is 1. The van der Waals surface area contributed by atoms with E-state index in [0.29, 0.717) is 30.7 Å². The van der Waals surface area contributed by atoms with Crippen LogP contribution in [0.2, 0.25) is 0 Å². The van der Waals surface area contributed by atoms with Crippen LogP contribution in [0.15, 0.2) is 29.8 Å². The minimum absolute atomic E-state index is 0.0116. The predicted molar refractivity (Wildman–Crippen MR) is 74.2 cm³/mol. The second-order valence-electron chi connectivity index (χ2n) is 4.01. The highest BCUT2D eigenvalue weighted by molar-refractivity contribution is 6.01. The summed E-state index contributed by atoms with van der Waals surface area (Å²) in [5, 5.41) is 20.5. The summed E-state index contributed by atoms with van der Waals surface area (Å²) in [6.07, 6.45) is 2.15. The zero-order chi connectivity index (χ0) is 14.8. The molecule has 0 bridgehead atoms. The zero-order valence-corrected chi connectivity index (χ0v) is 11.2. The smallest absolute Gasteiger partial charge is 0.261 e. The average Bonchev–Trinajstić information content (AvgIpc) is 2.49. The van der Waals surface area contributed by atoms with Gasteiger partial charge in [-0.15, -0.1) is 0 Å². The van der Waals surface area contributed by atoms with Crippen molar-refractivity contribution >= 4 is 12.0 Å². The molecule has 0 aliphatic carbocycles. The Labute approximate surface area is 118 Å². The number of rotatable bonds is 6. The molecule has 0 heterocycles. The van der Waals surface area contributed by atoms with Crippen LogP contribution in [0, 0.1) is 22.7 Å². The average molecular weight is 269 g/mol. The third-order valence-corrected chi connectivity index (χ3v) is 2.50. The van der Waals surface area contributed by atoms with Gasteiger partial charge in [0.25, 0.3) is 5.91 Å². The van der Waals surface area contributed by atoms with Gasteiger partial charge in [0.05, 0.1) is 11.6 Å². The van der Waals surface area contributed by atoms with Crippen molar-refractivity contribution in [1.82, 2.24) is 5.32 Å². The number of nitriles is 2. The second kappa shape index (κ2) is 8.47. The number of ether oxygens (including phenoxy) is 1. The van der Waals surface area contributed by atoms with Gasteiger partial charge in [-0.1, -0.05) is 12.1 Å². The largest absolute Gasteiger partial charge is 0.385 e. The van der Waals surface area contributed by atoms with Crippen LogP contribution in [0.4, 0.5) is 0 Å². The van der Waals surface area contributed by atoms with Gasteiger partial charge >= 0.3 is 0 Å². The van der Waals surface area contributed by atoms with Gasteiger partial charge in [-0.25, -0.2) is 0 Å². The van der Waals surface area contributed by atoms with Gasteiger partial charge in [-0.3, -0.25) is 4.79 Å². The first-order chi connectivity index (χ1) is 9.71. The molecule has 1 N–H and O–H groups in total. The Bertz CT molecular complexity index is 580. The minimum atomic E-state index is -0.425. The molecule has 1 amide bonds. The Morgan fingerprint density at radius 3 is 2.90 bits per heavy atom. The van der Waals surface area contributed by atoms with E-state index in [-0.39, 0.29) is 5.57 Å². The van der Waals surface area contributed by atoms with Crippen molar-refractivity contribution in [2.75, 3.05) is 20.3 Å². The molecule has 0 saturated heterocycles. The fourth-order valence-electron chi connectivity index (χ4n) is 1.53. The van der Waals surface area contributed by atoms with Gasteiger partial charge in [0.15, 0.2) is 0 Å². The summed E-state index contributed by atoms with van der Waals surface area (Å²) >= 11 is 0. The standard InChI is InChI=1S/C15H15N3O2/c1-20-7-3-6-18-15(19)14(11-17)9-12-4-2-5-13(8-12)10-16/h2,4-5,8-9H,3,6-7H2,1H3,(H,18,19)/b14-9+. The molecule has 0 saturated carbocycles. The molecular formula is C15H15N3O2. The lowest BCUT2D eigenvalue weighted by molar-refractivity contribution is -0.117. The van der Waals surface area contributed by atoms with Gasteiger partial charge in [-0.2, -0.15) is 10.5 Å². The molecule has 5 heteroatoms. The van der Waals surface area contributed by atoms with E-state index >= 15 is 0 Å². The molecule has 0 atom stereocenters. The van der Waals surface area contributed by atoms with Crippen molar-refractivity contribution in [1.29, 1.82) is 10.5 Å². The molecule has 0 radical (unpaired) electrons. The summed E-state index contributed by atoms with van der Waals surface area (Å²) < 4.78 is 4.87. The van der Waals surface area contributed by atoms with Crippen molar-refractivity contribution in [2.24, 2.45) is 0 Å². The number of nitrogens with one attached hydrogen (secondary N) is 1. The summed E-state index contributed by atoms with van der Waals surface area (Å²) in [7, 11) is 1.59. The summed E-state index contributed by atoms with van der Waals surface area (Å²) in [5.74, 6) is -0.425. The maximum Gasteiger partial charge on any atom is 0.261 e. The Hall–Kier alpha value is -2.63. The van der Waals surface area contributed by atoms with E-state index < -0.39 is 5.91 Å². The molecular weight excluding hydrogens is 254 g/mol. The third kappa shape index (κ3) is 4.93. The molecule has 1 rings (SSSR count). The molecule has 0 spiro atoms. The van der Waals surface area contributed by atoms with Gasteiger partial charge < -0.3 is 10.1 Å². The molecule has 0 aromatic heterocycles. The van der Waals surface area contributed by atoms with E-state index in [0.717, 1.165) is 0 Å². The van der Waals surface area contributed by atoms with E-state index in [4.69, 9.17) is 15.3 Å². The van der Waals surface area contributed by atoms with Gasteiger partial charge in [0, 0.05) is 20.3 Å². The van der Waals surface area contributed by atoms with Crippen LogP contribution >= 0.6 is 0 Å². The predicted octanol–water partition coefficient (Wildman–Crippen LogP) is 1.62. The number of carbonyl (C=O) groups is 1. The number of methoxy groups -OCH3 is 1. The van der Waals surface area contributed by atoms with E-state index in [1.807, 2.05) is 12.1 Å². The second-order valence-corrected chi connectivity index (χ2v) is 4.01. The molecule has 0 aliphatic heterocycles. The Balaban J connectivity index is 2.74. The Kier molecular flexibility index (Phi) is 6.53. The fraction of sp³-hybridized carbons (Fsp3) is 0.267. The lowest BCUT2D eigenvalue weighted by Gasteiger charge is -2.03. The molecule has 1 aromatic rings. The first kappa shape index (κ1) is 15.4. The highest BCUT2D eigenvalue weighted by Gasteiger charge is 2.08. The molecule has 102 valence electrons. The zero-order valence-electron chi connectivity index (χ0n) is 11.2. The molecule has 1 aromatic carbocycles. The summed E-state index contributed by atoms with van der Waals surface area (Å²) in [4.78, 5) is 11.8. The normalized spacial score (nSPS) is 10.4. The number of carbonyl (C=O) groups excluding carboxylic acids is 1. The maximum absolute atomic E-state index is 11.8. The Morgan fingerprint density at radius 1 is 1.45 bits per heavy atom. The number of benzene rings is 1. The molecule has 20 heavy (non-hydrogen) atoms. The van der Waals surface area contributed by atoms with Gasteiger partial charge in [0.1, 0.15) is 11.6 Å². The van der Waals surface area contributed by atoms with Crippen LogP contribution in [-0.4, -0.2) is 26.2 Å². The number of nitrogens with zero attached hydrogens (tertiary/aromatic N) is 2. The molecule has 5 nitrogen and oxygen atoms in total. The van der Waals surface area contributed by atoms with Crippen molar-refractivity contribution < 1.29 is 9.53 Å². The van der Waals surface area contributed by atoms with Crippen molar-refractivity contribution in [3.05, 3.63) is 41.0 Å². The maximum atomic E-state index is 11.8. The summed E-state index contributed by atoms with van der Waals surface area (Å²) in [5.41, 5.74) is 1.14.